The van der Waals surface area contributed by atoms with Crippen LogP contribution >= 0.6 is 39.1 Å². The van der Waals surface area contributed by atoms with Crippen molar-refractivity contribution in [1.29, 1.82) is 0 Å². The molecule has 0 unspecified atom stereocenters. The first-order valence-electron chi connectivity index (χ1n) is 7.58. The Balaban J connectivity index is 1.65. The monoisotopic (exact) mass is 485 g/mol. The van der Waals surface area contributed by atoms with Crippen molar-refractivity contribution in [2.24, 2.45) is 5.10 Å². The van der Waals surface area contributed by atoms with Gasteiger partial charge >= 0.3 is 11.7 Å². The molecule has 0 aliphatic carbocycles. The maximum absolute atomic E-state index is 12.1. The van der Waals surface area contributed by atoms with E-state index in [0.717, 1.165) is 0 Å². The first-order chi connectivity index (χ1) is 13.3. The van der Waals surface area contributed by atoms with Crippen LogP contribution in [0.5, 0.6) is 0 Å². The lowest BCUT2D eigenvalue weighted by Crippen LogP contribution is -2.16. The van der Waals surface area contributed by atoms with Gasteiger partial charge in [0.1, 0.15) is 16.8 Å². The molecule has 3 aromatic rings. The van der Waals surface area contributed by atoms with Crippen LogP contribution in [0.2, 0.25) is 10.0 Å². The van der Waals surface area contributed by atoms with Crippen molar-refractivity contribution in [1.82, 2.24) is 15.2 Å². The third-order valence-corrected chi connectivity index (χ3v) is 4.65. The fourth-order valence-electron chi connectivity index (χ4n) is 2.18. The van der Waals surface area contributed by atoms with Crippen molar-refractivity contribution >= 4 is 57.1 Å². The predicted molar refractivity (Wildman–Crippen MR) is 106 cm³/mol. The zero-order chi connectivity index (χ0) is 20.3. The molecule has 28 heavy (non-hydrogen) atoms. The highest BCUT2D eigenvalue weighted by atomic mass is 79.9. The molecule has 0 saturated heterocycles. The number of nitrogens with zero attached hydrogens (tertiary/aromatic N) is 4. The lowest BCUT2D eigenvalue weighted by molar-refractivity contribution is -0.390. The minimum Gasteiger partial charge on any atom is -0.454 e. The number of aromatic nitrogens is 2. The second-order valence-corrected chi connectivity index (χ2v) is 7.02. The number of carbonyl (C=O) groups is 1. The van der Waals surface area contributed by atoms with Crippen molar-refractivity contribution in [3.63, 3.8) is 0 Å². The number of hydrogen-bond donors (Lipinski definition) is 1. The molecule has 0 aliphatic heterocycles. The van der Waals surface area contributed by atoms with Gasteiger partial charge in [-0.3, -0.25) is 4.79 Å². The van der Waals surface area contributed by atoms with Crippen LogP contribution in [0.3, 0.4) is 0 Å². The minimum absolute atomic E-state index is 0.0122. The molecule has 0 aliphatic rings. The Morgan fingerprint density at radius 1 is 1.36 bits per heavy atom. The van der Waals surface area contributed by atoms with Crippen molar-refractivity contribution < 1.29 is 14.1 Å². The number of furan rings is 1. The van der Waals surface area contributed by atoms with Gasteiger partial charge < -0.3 is 14.5 Å². The molecule has 9 nitrogen and oxygen atoms in total. The number of nitro groups is 1. The summed E-state index contributed by atoms with van der Waals surface area (Å²) < 4.78 is 6.99. The van der Waals surface area contributed by atoms with E-state index in [9.17, 15) is 14.9 Å². The van der Waals surface area contributed by atoms with Gasteiger partial charge in [0.15, 0.2) is 5.76 Å². The van der Waals surface area contributed by atoms with E-state index in [1.54, 1.807) is 24.3 Å². The maximum Gasteiger partial charge on any atom is 0.404 e. The molecule has 1 aromatic carbocycles. The minimum atomic E-state index is -0.606. The van der Waals surface area contributed by atoms with Gasteiger partial charge in [0.2, 0.25) is 0 Å². The smallest absolute Gasteiger partial charge is 0.404 e. The molecular formula is C16H10BrCl2N5O4. The number of nitrogens with one attached hydrogen (secondary N) is 1. The number of benzene rings is 1. The van der Waals surface area contributed by atoms with Crippen LogP contribution in [0.1, 0.15) is 21.9 Å². The summed E-state index contributed by atoms with van der Waals surface area (Å²) in [6.45, 7) is 0.109. The summed E-state index contributed by atoms with van der Waals surface area (Å²) in [4.78, 5) is 22.3. The molecule has 0 saturated carbocycles. The van der Waals surface area contributed by atoms with Crippen molar-refractivity contribution in [3.8, 4) is 0 Å². The van der Waals surface area contributed by atoms with Crippen LogP contribution in [-0.2, 0) is 6.54 Å². The molecular weight excluding hydrogens is 477 g/mol. The largest absolute Gasteiger partial charge is 0.454 e. The molecule has 2 aromatic heterocycles. The van der Waals surface area contributed by atoms with Crippen LogP contribution < -0.4 is 5.43 Å². The molecule has 12 heteroatoms. The Morgan fingerprint density at radius 2 is 2.07 bits per heavy atom. The number of halogens is 3. The standard InChI is InChI=1S/C16H10BrCl2N5O4/c17-11-8-23(22-15(11)24(26)27)7-9-4-5-14(28-9)16(25)21-20-6-10-12(18)2-1-3-13(10)19/h1-6,8H,7H2,(H,21,25)/b20-6+. The van der Waals surface area contributed by atoms with E-state index in [0.29, 0.717) is 21.4 Å². The average molecular weight is 487 g/mol. The zero-order valence-corrected chi connectivity index (χ0v) is 16.9. The Kier molecular flexibility index (Phi) is 6.12. The van der Waals surface area contributed by atoms with E-state index in [1.807, 2.05) is 0 Å². The van der Waals surface area contributed by atoms with Crippen LogP contribution in [0.4, 0.5) is 5.82 Å². The summed E-state index contributed by atoms with van der Waals surface area (Å²) in [7, 11) is 0. The fraction of sp³-hybridized carbons (Fsp3) is 0.0625. The Bertz CT molecular complexity index is 1060. The number of hydrazone groups is 1. The van der Waals surface area contributed by atoms with E-state index in [2.05, 4.69) is 31.6 Å². The van der Waals surface area contributed by atoms with Gasteiger partial charge in [-0.25, -0.2) is 5.43 Å². The first-order valence-corrected chi connectivity index (χ1v) is 9.13. The van der Waals surface area contributed by atoms with E-state index in [-0.39, 0.29) is 22.6 Å². The maximum atomic E-state index is 12.1. The second kappa shape index (κ2) is 8.55. The van der Waals surface area contributed by atoms with E-state index in [1.165, 1.54) is 23.2 Å². The Hall–Kier alpha value is -2.69. The third-order valence-electron chi connectivity index (χ3n) is 3.43. The summed E-state index contributed by atoms with van der Waals surface area (Å²) in [5, 5.41) is 19.2. The van der Waals surface area contributed by atoms with Crippen LogP contribution in [0, 0.1) is 10.1 Å². The molecule has 144 valence electrons. The molecule has 0 atom stereocenters. The Labute approximate surface area is 176 Å². The second-order valence-electron chi connectivity index (χ2n) is 5.36. The predicted octanol–water partition coefficient (Wildman–Crippen LogP) is 4.27. The van der Waals surface area contributed by atoms with Crippen LogP contribution in [-0.4, -0.2) is 26.8 Å². The van der Waals surface area contributed by atoms with Crippen molar-refractivity contribution in [2.45, 2.75) is 6.54 Å². The summed E-state index contributed by atoms with van der Waals surface area (Å²) in [6.07, 6.45) is 2.77. The third kappa shape index (κ3) is 4.58. The topological polar surface area (TPSA) is 116 Å². The number of amides is 1. The molecule has 0 fully saturated rings. The fourth-order valence-corrected chi connectivity index (χ4v) is 3.14. The van der Waals surface area contributed by atoms with Crippen LogP contribution in [0.25, 0.3) is 0 Å². The van der Waals surface area contributed by atoms with Crippen LogP contribution in [0.15, 0.2) is 50.5 Å². The summed E-state index contributed by atoms with van der Waals surface area (Å²) in [6, 6.07) is 8.00. The first kappa shape index (κ1) is 20.1. The van der Waals surface area contributed by atoms with Gasteiger partial charge in [-0.2, -0.15) is 9.78 Å². The van der Waals surface area contributed by atoms with Gasteiger partial charge in [0.05, 0.1) is 27.6 Å². The van der Waals surface area contributed by atoms with Gasteiger partial charge in [0.25, 0.3) is 0 Å². The molecule has 0 radical (unpaired) electrons. The van der Waals surface area contributed by atoms with Gasteiger partial charge in [-0.15, -0.1) is 0 Å². The summed E-state index contributed by atoms with van der Waals surface area (Å²) in [5.41, 5.74) is 2.78. The molecule has 0 bridgehead atoms. The highest BCUT2D eigenvalue weighted by molar-refractivity contribution is 9.10. The summed E-state index contributed by atoms with van der Waals surface area (Å²) >= 11 is 15.1. The molecule has 1 amide bonds. The summed E-state index contributed by atoms with van der Waals surface area (Å²) in [5.74, 6) is -0.498. The lowest BCUT2D eigenvalue weighted by atomic mass is 10.2. The highest BCUT2D eigenvalue weighted by Crippen LogP contribution is 2.23. The van der Waals surface area contributed by atoms with E-state index in [4.69, 9.17) is 27.6 Å². The number of hydrogen-bond acceptors (Lipinski definition) is 6. The normalized spacial score (nSPS) is 11.1. The zero-order valence-electron chi connectivity index (χ0n) is 13.8. The van der Waals surface area contributed by atoms with Gasteiger partial charge in [0, 0.05) is 5.56 Å². The Morgan fingerprint density at radius 3 is 2.71 bits per heavy atom. The van der Waals surface area contributed by atoms with Crippen molar-refractivity contribution in [2.75, 3.05) is 0 Å². The van der Waals surface area contributed by atoms with E-state index >= 15 is 0 Å². The highest BCUT2D eigenvalue weighted by Gasteiger charge is 2.20. The quantitative estimate of drug-likeness (QED) is 0.317. The molecule has 3 rings (SSSR count). The van der Waals surface area contributed by atoms with Gasteiger partial charge in [-0.05, 0) is 45.1 Å². The van der Waals surface area contributed by atoms with Gasteiger partial charge in [-0.1, -0.05) is 29.3 Å². The number of rotatable bonds is 6. The lowest BCUT2D eigenvalue weighted by Gasteiger charge is -2.00. The van der Waals surface area contributed by atoms with Crippen molar-refractivity contribution in [3.05, 3.63) is 78.2 Å². The van der Waals surface area contributed by atoms with E-state index < -0.39 is 10.8 Å². The molecule has 1 N–H and O–H groups in total. The SMILES string of the molecule is O=C(N/N=C/c1c(Cl)cccc1Cl)c1ccc(Cn2cc(Br)c([N+](=O)[O-])n2)o1. The molecule has 0 spiro atoms. The molecule has 2 heterocycles. The number of carbonyl (C=O) groups excluding carboxylic acids is 1. The average Bonchev–Trinajstić information content (AvgIpc) is 3.24.